The Morgan fingerprint density at radius 1 is 1.29 bits per heavy atom. The van der Waals surface area contributed by atoms with Crippen molar-refractivity contribution in [3.63, 3.8) is 0 Å². The third-order valence-electron chi connectivity index (χ3n) is 6.87. The van der Waals surface area contributed by atoms with Gasteiger partial charge in [0.1, 0.15) is 11.1 Å². The molecule has 4 amide bonds. The van der Waals surface area contributed by atoms with Gasteiger partial charge in [0, 0.05) is 10.9 Å². The lowest BCUT2D eigenvalue weighted by molar-refractivity contribution is -0.136. The second-order valence-electron chi connectivity index (χ2n) is 9.99. The molecule has 2 saturated heterocycles. The maximum atomic E-state index is 13.3. The lowest BCUT2D eigenvalue weighted by Crippen LogP contribution is -2.69. The molecule has 1 aromatic rings. The summed E-state index contributed by atoms with van der Waals surface area (Å²) in [7, 11) is 0. The third kappa shape index (κ3) is 4.06. The van der Waals surface area contributed by atoms with Gasteiger partial charge in [-0.25, -0.2) is 4.79 Å². The van der Waals surface area contributed by atoms with Crippen molar-refractivity contribution >= 4 is 34.2 Å². The van der Waals surface area contributed by atoms with Crippen molar-refractivity contribution in [1.82, 2.24) is 16.0 Å². The molecule has 2 aliphatic heterocycles. The molecule has 31 heavy (non-hydrogen) atoms. The van der Waals surface area contributed by atoms with Crippen LogP contribution in [0.4, 0.5) is 9.80 Å². The van der Waals surface area contributed by atoms with Crippen molar-refractivity contribution in [2.45, 2.75) is 65.6 Å². The second kappa shape index (κ2) is 7.92. The summed E-state index contributed by atoms with van der Waals surface area (Å²) < 4.78 is 0. The molecular weight excluding hydrogens is 414 g/mol. The predicted octanol–water partition coefficient (Wildman–Crippen LogP) is 2.49. The molecule has 3 heterocycles. The Labute approximate surface area is 186 Å². The zero-order chi connectivity index (χ0) is 22.5. The first kappa shape index (κ1) is 21.8. The summed E-state index contributed by atoms with van der Waals surface area (Å²) in [6.45, 7) is 8.65. The molecule has 5 unspecified atom stereocenters. The van der Waals surface area contributed by atoms with Crippen molar-refractivity contribution < 1.29 is 14.4 Å². The van der Waals surface area contributed by atoms with Gasteiger partial charge >= 0.3 is 6.03 Å². The van der Waals surface area contributed by atoms with E-state index in [0.29, 0.717) is 22.9 Å². The molecule has 3 aliphatic rings. The Bertz CT molecular complexity index is 973. The van der Waals surface area contributed by atoms with Gasteiger partial charge in [0.15, 0.2) is 0 Å². The largest absolute Gasteiger partial charge is 0.322 e. The number of nitrogens with one attached hydrogen (secondary N) is 4. The van der Waals surface area contributed by atoms with Crippen LogP contribution < -0.4 is 21.3 Å². The van der Waals surface area contributed by atoms with Crippen LogP contribution >= 0.6 is 11.3 Å². The Morgan fingerprint density at radius 3 is 2.71 bits per heavy atom. The minimum absolute atomic E-state index is 0.0391. The van der Waals surface area contributed by atoms with E-state index in [1.807, 2.05) is 6.92 Å². The van der Waals surface area contributed by atoms with Crippen LogP contribution in [0.15, 0.2) is 0 Å². The fourth-order valence-electron chi connectivity index (χ4n) is 5.08. The third-order valence-corrected chi connectivity index (χ3v) is 8.04. The van der Waals surface area contributed by atoms with Crippen molar-refractivity contribution in [3.05, 3.63) is 16.0 Å². The molecule has 0 aromatic carbocycles. The van der Waals surface area contributed by atoms with Crippen LogP contribution in [0, 0.1) is 34.5 Å². The Kier molecular flexibility index (Phi) is 5.56. The first-order valence-electron chi connectivity index (χ1n) is 10.8. The molecule has 1 aliphatic carbocycles. The van der Waals surface area contributed by atoms with Crippen molar-refractivity contribution in [2.24, 2.45) is 23.2 Å². The van der Waals surface area contributed by atoms with Gasteiger partial charge in [0.25, 0.3) is 0 Å². The number of thiophene rings is 1. The molecule has 9 heteroatoms. The quantitative estimate of drug-likeness (QED) is 0.559. The zero-order valence-electron chi connectivity index (χ0n) is 18.3. The highest BCUT2D eigenvalue weighted by atomic mass is 32.1. The van der Waals surface area contributed by atoms with Crippen LogP contribution in [0.1, 0.15) is 56.5 Å². The number of hydrogen-bond acceptors (Lipinski definition) is 6. The van der Waals surface area contributed by atoms with Gasteiger partial charge in [0.05, 0.1) is 23.6 Å². The summed E-state index contributed by atoms with van der Waals surface area (Å²) in [5.41, 5.74) is 1.81. The van der Waals surface area contributed by atoms with Crippen molar-refractivity contribution in [1.29, 1.82) is 5.26 Å². The molecule has 0 bridgehead atoms. The SMILES string of the molecule is CC1CC(C(=O)Nc2sc3c(c2C#N)CCC(C(C)(C)C)C3)C2C(=O)NC(=O)NC2N1. The van der Waals surface area contributed by atoms with E-state index < -0.39 is 29.9 Å². The van der Waals surface area contributed by atoms with E-state index in [1.165, 1.54) is 16.2 Å². The van der Waals surface area contributed by atoms with E-state index in [4.69, 9.17) is 0 Å². The molecule has 0 spiro atoms. The van der Waals surface area contributed by atoms with Gasteiger partial charge in [-0.05, 0) is 49.5 Å². The molecule has 8 nitrogen and oxygen atoms in total. The number of anilines is 1. The Hall–Kier alpha value is -2.44. The Balaban J connectivity index is 1.57. The van der Waals surface area contributed by atoms with Crippen molar-refractivity contribution in [2.75, 3.05) is 5.32 Å². The number of piperidine rings is 1. The van der Waals surface area contributed by atoms with Crippen LogP contribution in [-0.2, 0) is 22.4 Å². The van der Waals surface area contributed by atoms with Gasteiger partial charge in [-0.15, -0.1) is 11.3 Å². The van der Waals surface area contributed by atoms with Crippen LogP contribution in [-0.4, -0.2) is 30.1 Å². The maximum absolute atomic E-state index is 13.3. The highest BCUT2D eigenvalue weighted by Crippen LogP contribution is 2.44. The minimum Gasteiger partial charge on any atom is -0.322 e. The number of hydrogen-bond donors (Lipinski definition) is 4. The van der Waals surface area contributed by atoms with E-state index in [9.17, 15) is 19.6 Å². The van der Waals surface area contributed by atoms with Gasteiger partial charge in [0.2, 0.25) is 11.8 Å². The van der Waals surface area contributed by atoms with E-state index in [-0.39, 0.29) is 17.4 Å². The van der Waals surface area contributed by atoms with Gasteiger partial charge < -0.3 is 10.6 Å². The normalized spacial score (nSPS) is 30.4. The summed E-state index contributed by atoms with van der Waals surface area (Å²) in [4.78, 5) is 38.6. The van der Waals surface area contributed by atoms with Gasteiger partial charge in [-0.1, -0.05) is 20.8 Å². The average Bonchev–Trinajstić information content (AvgIpc) is 3.02. The molecule has 4 N–H and O–H groups in total. The fraction of sp³-hybridized carbons (Fsp3) is 0.636. The second-order valence-corrected chi connectivity index (χ2v) is 11.1. The molecule has 1 aromatic heterocycles. The van der Waals surface area contributed by atoms with Crippen LogP contribution in [0.5, 0.6) is 0 Å². The van der Waals surface area contributed by atoms with E-state index in [2.05, 4.69) is 48.1 Å². The Morgan fingerprint density at radius 2 is 2.03 bits per heavy atom. The fourth-order valence-corrected chi connectivity index (χ4v) is 6.36. The predicted molar refractivity (Wildman–Crippen MR) is 117 cm³/mol. The van der Waals surface area contributed by atoms with Crippen molar-refractivity contribution in [3.8, 4) is 6.07 Å². The maximum Gasteiger partial charge on any atom is 0.322 e. The number of carbonyl (C=O) groups excluding carboxylic acids is 3. The van der Waals surface area contributed by atoms with E-state index in [1.54, 1.807) is 0 Å². The highest BCUT2D eigenvalue weighted by Gasteiger charge is 2.48. The molecule has 2 fully saturated rings. The lowest BCUT2D eigenvalue weighted by Gasteiger charge is -2.42. The topological polar surface area (TPSA) is 123 Å². The number of imide groups is 1. The number of urea groups is 1. The summed E-state index contributed by atoms with van der Waals surface area (Å²) in [6.07, 6.45) is 2.67. The lowest BCUT2D eigenvalue weighted by atomic mass is 9.72. The number of carbonyl (C=O) groups is 3. The van der Waals surface area contributed by atoms with Gasteiger partial charge in [-0.2, -0.15) is 5.26 Å². The molecular formula is C22H29N5O3S. The number of nitriles is 1. The smallest absolute Gasteiger partial charge is 0.322 e. The number of nitrogens with zero attached hydrogens (tertiary/aromatic N) is 1. The zero-order valence-corrected chi connectivity index (χ0v) is 19.1. The van der Waals surface area contributed by atoms with Crippen LogP contribution in [0.25, 0.3) is 0 Å². The molecule has 4 rings (SSSR count). The monoisotopic (exact) mass is 443 g/mol. The summed E-state index contributed by atoms with van der Waals surface area (Å²) in [5, 5.41) is 21.5. The number of rotatable bonds is 2. The summed E-state index contributed by atoms with van der Waals surface area (Å²) in [6, 6.07) is 1.70. The highest BCUT2D eigenvalue weighted by molar-refractivity contribution is 7.16. The van der Waals surface area contributed by atoms with Crippen LogP contribution in [0.2, 0.25) is 0 Å². The van der Waals surface area contributed by atoms with Gasteiger partial charge in [-0.3, -0.25) is 20.2 Å². The number of fused-ring (bicyclic) bond motifs is 2. The van der Waals surface area contributed by atoms with E-state index >= 15 is 0 Å². The molecule has 166 valence electrons. The summed E-state index contributed by atoms with van der Waals surface area (Å²) >= 11 is 1.49. The summed E-state index contributed by atoms with van der Waals surface area (Å²) in [5.74, 6) is -1.49. The first-order valence-corrected chi connectivity index (χ1v) is 11.6. The molecule has 0 radical (unpaired) electrons. The number of amides is 4. The van der Waals surface area contributed by atoms with Crippen LogP contribution in [0.3, 0.4) is 0 Å². The molecule has 0 saturated carbocycles. The average molecular weight is 444 g/mol. The first-order chi connectivity index (χ1) is 14.6. The standard InChI is InChI=1S/C22H29N5O3S/c1-10-7-13(16-17(24-10)25-21(30)27-19(16)29)18(28)26-20-14(9-23)12-6-5-11(22(2,3)4)8-15(12)31-20/h10-11,13,16-17,24H,5-8H2,1-4H3,(H,26,28)(H2,25,27,29,30). The minimum atomic E-state index is -0.695. The molecule has 5 atom stereocenters. The van der Waals surface area contributed by atoms with E-state index in [0.717, 1.165) is 24.8 Å².